The highest BCUT2D eigenvalue weighted by atomic mass is 31.1. The van der Waals surface area contributed by atoms with Crippen LogP contribution in [-0.2, 0) is 4.79 Å². The lowest BCUT2D eigenvalue weighted by molar-refractivity contribution is -0.138. The normalized spacial score (nSPS) is 16.3. The Morgan fingerprint density at radius 2 is 2.30 bits per heavy atom. The molecule has 0 bridgehead atoms. The van der Waals surface area contributed by atoms with E-state index in [0.29, 0.717) is 12.6 Å². The second-order valence-electron chi connectivity index (χ2n) is 2.11. The van der Waals surface area contributed by atoms with E-state index < -0.39 is 20.2 Å². The molecule has 4 N–H and O–H groups in total. The van der Waals surface area contributed by atoms with Crippen molar-refractivity contribution >= 4 is 14.1 Å². The molecular weight excluding hydrogens is 153 g/mol. The monoisotopic (exact) mass is 165 g/mol. The van der Waals surface area contributed by atoms with Crippen molar-refractivity contribution in [1.82, 2.24) is 0 Å². The molecule has 0 aliphatic heterocycles. The first-order valence-electron chi connectivity index (χ1n) is 2.92. The van der Waals surface area contributed by atoms with Gasteiger partial charge in [0.15, 0.2) is 0 Å². The lowest BCUT2D eigenvalue weighted by atomic mass is 10.2. The highest BCUT2D eigenvalue weighted by molar-refractivity contribution is 7.50. The molecule has 0 rings (SSSR count). The van der Waals surface area contributed by atoms with E-state index in [1.807, 2.05) is 0 Å². The van der Waals surface area contributed by atoms with Crippen LogP contribution in [0.25, 0.3) is 0 Å². The molecule has 0 radical (unpaired) electrons. The van der Waals surface area contributed by atoms with Gasteiger partial charge in [0.05, 0.1) is 0 Å². The maximum absolute atomic E-state index is 10.1. The summed E-state index contributed by atoms with van der Waals surface area (Å²) >= 11 is 0. The van der Waals surface area contributed by atoms with Crippen LogP contribution in [0.15, 0.2) is 0 Å². The first-order chi connectivity index (χ1) is 4.54. The Balaban J connectivity index is 3.40. The summed E-state index contributed by atoms with van der Waals surface area (Å²) in [6.45, 7) is 1.67. The van der Waals surface area contributed by atoms with E-state index in [9.17, 15) is 4.79 Å². The molecule has 0 saturated carbocycles. The van der Waals surface area contributed by atoms with E-state index in [1.54, 1.807) is 6.66 Å². The Labute approximate surface area is 60.9 Å². The largest absolute Gasteiger partial charge is 0.480 e. The summed E-state index contributed by atoms with van der Waals surface area (Å²) in [5.41, 5.74) is 5.16. The third kappa shape index (κ3) is 4.68. The van der Waals surface area contributed by atoms with Gasteiger partial charge in [0, 0.05) is 8.15 Å². The summed E-state index contributed by atoms with van der Waals surface area (Å²) in [5, 5.41) is 8.30. The first-order valence-corrected chi connectivity index (χ1v) is 4.85. The summed E-state index contributed by atoms with van der Waals surface area (Å²) in [6, 6.07) is -0.822. The van der Waals surface area contributed by atoms with Crippen LogP contribution in [0, 0.1) is 0 Å². The van der Waals surface area contributed by atoms with Crippen molar-refractivity contribution in [1.29, 1.82) is 0 Å². The van der Waals surface area contributed by atoms with Crippen molar-refractivity contribution in [3.05, 3.63) is 0 Å². The van der Waals surface area contributed by atoms with Crippen molar-refractivity contribution in [3.8, 4) is 0 Å². The van der Waals surface area contributed by atoms with Crippen LogP contribution in [0.5, 0.6) is 0 Å². The molecule has 4 nitrogen and oxygen atoms in total. The van der Waals surface area contributed by atoms with E-state index in [2.05, 4.69) is 0 Å². The standard InChI is InChI=1S/C5H12NO3P/c1-10(9)3-2-4(6)5(7)8/h4,9H,2-3,6H2,1H3,(H,7,8)/t4-,10?/m1/s1. The summed E-state index contributed by atoms with van der Waals surface area (Å²) in [6.07, 6.45) is 0.858. The molecule has 0 aliphatic rings. The molecule has 60 valence electrons. The SMILES string of the molecule is CP(O)CC[C@@H](N)C(=O)O. The predicted molar refractivity (Wildman–Crippen MR) is 40.2 cm³/mol. The maximum atomic E-state index is 10.1. The molecule has 0 aromatic rings. The number of hydrogen-bond acceptors (Lipinski definition) is 3. The van der Waals surface area contributed by atoms with Gasteiger partial charge in [-0.2, -0.15) is 0 Å². The zero-order valence-electron chi connectivity index (χ0n) is 5.82. The Hall–Kier alpha value is -0.180. The number of carbonyl (C=O) groups is 1. The molecule has 0 aromatic carbocycles. The molecule has 10 heavy (non-hydrogen) atoms. The van der Waals surface area contributed by atoms with Gasteiger partial charge in [0.1, 0.15) is 6.04 Å². The zero-order chi connectivity index (χ0) is 8.15. The minimum Gasteiger partial charge on any atom is -0.480 e. The van der Waals surface area contributed by atoms with Crippen LogP contribution < -0.4 is 5.73 Å². The molecule has 5 heteroatoms. The molecule has 1 unspecified atom stereocenters. The van der Waals surface area contributed by atoms with Gasteiger partial charge < -0.3 is 15.7 Å². The fourth-order valence-electron chi connectivity index (χ4n) is 0.449. The second kappa shape index (κ2) is 4.61. The van der Waals surface area contributed by atoms with E-state index in [0.717, 1.165) is 0 Å². The average Bonchev–Trinajstić information content (AvgIpc) is 1.82. The number of aliphatic carboxylic acids is 1. The van der Waals surface area contributed by atoms with Crippen LogP contribution >= 0.6 is 8.15 Å². The lowest BCUT2D eigenvalue weighted by Crippen LogP contribution is -2.30. The quantitative estimate of drug-likeness (QED) is 0.504. The summed E-state index contributed by atoms with van der Waals surface area (Å²) < 4.78 is 0. The third-order valence-electron chi connectivity index (χ3n) is 1.08. The summed E-state index contributed by atoms with van der Waals surface area (Å²) in [7, 11) is -1.00. The van der Waals surface area contributed by atoms with E-state index in [-0.39, 0.29) is 0 Å². The van der Waals surface area contributed by atoms with Crippen molar-refractivity contribution in [2.45, 2.75) is 12.5 Å². The molecule has 0 heterocycles. The minimum atomic E-state index is -1.00. The van der Waals surface area contributed by atoms with E-state index in [1.165, 1.54) is 0 Å². The van der Waals surface area contributed by atoms with Gasteiger partial charge in [-0.1, -0.05) is 0 Å². The fraction of sp³-hybridized carbons (Fsp3) is 0.800. The molecule has 0 fully saturated rings. The Morgan fingerprint density at radius 3 is 2.60 bits per heavy atom. The molecular formula is C5H12NO3P. The van der Waals surface area contributed by atoms with Crippen LogP contribution in [0.1, 0.15) is 6.42 Å². The van der Waals surface area contributed by atoms with Crippen LogP contribution in [0.2, 0.25) is 0 Å². The first kappa shape index (κ1) is 9.82. The lowest BCUT2D eigenvalue weighted by Gasteiger charge is -2.06. The molecule has 2 atom stereocenters. The topological polar surface area (TPSA) is 83.5 Å². The Bertz CT molecular complexity index is 117. The molecule has 0 amide bonds. The Morgan fingerprint density at radius 1 is 1.80 bits per heavy atom. The van der Waals surface area contributed by atoms with Crippen LogP contribution in [-0.4, -0.2) is 34.8 Å². The predicted octanol–water partition coefficient (Wildman–Crippen LogP) is -0.193. The van der Waals surface area contributed by atoms with Crippen molar-refractivity contribution < 1.29 is 14.8 Å². The number of carboxylic acids is 1. The summed E-state index contributed by atoms with van der Waals surface area (Å²) in [4.78, 5) is 18.9. The molecule has 0 spiro atoms. The number of carboxylic acid groups (broad SMARTS) is 1. The highest BCUT2D eigenvalue weighted by Crippen LogP contribution is 2.24. The average molecular weight is 165 g/mol. The number of hydrogen-bond donors (Lipinski definition) is 3. The van der Waals surface area contributed by atoms with Gasteiger partial charge in [-0.15, -0.1) is 0 Å². The number of rotatable bonds is 4. The van der Waals surface area contributed by atoms with E-state index in [4.69, 9.17) is 15.7 Å². The van der Waals surface area contributed by atoms with Gasteiger partial charge in [0.25, 0.3) is 0 Å². The van der Waals surface area contributed by atoms with Gasteiger partial charge in [-0.05, 0) is 19.2 Å². The van der Waals surface area contributed by atoms with Gasteiger partial charge in [-0.25, -0.2) is 0 Å². The number of nitrogens with two attached hydrogens (primary N) is 1. The maximum Gasteiger partial charge on any atom is 0.320 e. The van der Waals surface area contributed by atoms with Gasteiger partial charge in [0.2, 0.25) is 0 Å². The zero-order valence-corrected chi connectivity index (χ0v) is 6.71. The second-order valence-corrected chi connectivity index (χ2v) is 3.88. The van der Waals surface area contributed by atoms with Crippen molar-refractivity contribution in [3.63, 3.8) is 0 Å². The molecule has 0 aliphatic carbocycles. The minimum absolute atomic E-state index is 0.355. The van der Waals surface area contributed by atoms with Crippen LogP contribution in [0.3, 0.4) is 0 Å². The van der Waals surface area contributed by atoms with Gasteiger partial charge >= 0.3 is 5.97 Å². The van der Waals surface area contributed by atoms with Gasteiger partial charge in [-0.3, -0.25) is 4.79 Å². The van der Waals surface area contributed by atoms with Crippen molar-refractivity contribution in [2.75, 3.05) is 12.8 Å². The Kier molecular flexibility index (Phi) is 4.52. The summed E-state index contributed by atoms with van der Waals surface area (Å²) in [5.74, 6) is -1.00. The van der Waals surface area contributed by atoms with Crippen LogP contribution in [0.4, 0.5) is 0 Å². The smallest absolute Gasteiger partial charge is 0.320 e. The highest BCUT2D eigenvalue weighted by Gasteiger charge is 2.11. The third-order valence-corrected chi connectivity index (χ3v) is 1.99. The van der Waals surface area contributed by atoms with E-state index >= 15 is 0 Å². The van der Waals surface area contributed by atoms with Crippen molar-refractivity contribution in [2.24, 2.45) is 5.73 Å². The molecule has 0 saturated heterocycles. The molecule has 0 aromatic heterocycles. The fourth-order valence-corrected chi connectivity index (χ4v) is 1.10.